The van der Waals surface area contributed by atoms with Crippen molar-refractivity contribution in [2.75, 3.05) is 0 Å². The SMILES string of the molecule is CCC1CC2CC1C1CCCC21. The molecule has 3 fully saturated rings. The van der Waals surface area contributed by atoms with E-state index in [1.54, 1.807) is 32.1 Å². The zero-order valence-corrected chi connectivity index (χ0v) is 8.13. The van der Waals surface area contributed by atoms with Crippen molar-refractivity contribution in [3.05, 3.63) is 0 Å². The van der Waals surface area contributed by atoms with Gasteiger partial charge in [0.15, 0.2) is 0 Å². The molecule has 3 rings (SSSR count). The normalized spacial score (nSPS) is 56.2. The molecule has 68 valence electrons. The highest BCUT2D eigenvalue weighted by atomic mass is 14.6. The van der Waals surface area contributed by atoms with Crippen LogP contribution in [0.4, 0.5) is 0 Å². The Labute approximate surface area is 75.7 Å². The van der Waals surface area contributed by atoms with Crippen molar-refractivity contribution >= 4 is 0 Å². The van der Waals surface area contributed by atoms with Crippen molar-refractivity contribution in [3.63, 3.8) is 0 Å². The maximum Gasteiger partial charge on any atom is -0.0352 e. The van der Waals surface area contributed by atoms with E-state index < -0.39 is 0 Å². The van der Waals surface area contributed by atoms with Crippen LogP contribution in [0.25, 0.3) is 0 Å². The first-order valence-electron chi connectivity index (χ1n) is 5.90. The summed E-state index contributed by atoms with van der Waals surface area (Å²) in [5.74, 6) is 5.86. The van der Waals surface area contributed by atoms with E-state index in [4.69, 9.17) is 0 Å². The first-order valence-corrected chi connectivity index (χ1v) is 5.90. The molecule has 0 aromatic carbocycles. The van der Waals surface area contributed by atoms with Crippen molar-refractivity contribution in [3.8, 4) is 0 Å². The molecule has 3 aliphatic carbocycles. The predicted molar refractivity (Wildman–Crippen MR) is 50.8 cm³/mol. The van der Waals surface area contributed by atoms with Crippen LogP contribution in [0.15, 0.2) is 0 Å². The van der Waals surface area contributed by atoms with Gasteiger partial charge in [-0.05, 0) is 55.3 Å². The predicted octanol–water partition coefficient (Wildman–Crippen LogP) is 3.47. The Morgan fingerprint density at radius 3 is 2.67 bits per heavy atom. The highest BCUT2D eigenvalue weighted by molar-refractivity contribution is 5.02. The van der Waals surface area contributed by atoms with Crippen LogP contribution in [0.3, 0.4) is 0 Å². The van der Waals surface area contributed by atoms with Crippen LogP contribution in [0.2, 0.25) is 0 Å². The van der Waals surface area contributed by atoms with Crippen LogP contribution in [-0.2, 0) is 0 Å². The maximum absolute atomic E-state index is 2.40. The van der Waals surface area contributed by atoms with Gasteiger partial charge >= 0.3 is 0 Å². The molecule has 0 aromatic heterocycles. The van der Waals surface area contributed by atoms with Crippen LogP contribution in [0.5, 0.6) is 0 Å². The monoisotopic (exact) mass is 164 g/mol. The lowest BCUT2D eigenvalue weighted by molar-refractivity contribution is 0.185. The number of hydrogen-bond acceptors (Lipinski definition) is 0. The third kappa shape index (κ3) is 0.791. The fourth-order valence-corrected chi connectivity index (χ4v) is 4.68. The second-order valence-electron chi connectivity index (χ2n) is 5.32. The number of rotatable bonds is 1. The molecule has 2 bridgehead atoms. The van der Waals surface area contributed by atoms with Crippen LogP contribution >= 0.6 is 0 Å². The van der Waals surface area contributed by atoms with Crippen molar-refractivity contribution in [2.24, 2.45) is 29.6 Å². The Balaban J connectivity index is 1.83. The zero-order chi connectivity index (χ0) is 8.13. The Bertz CT molecular complexity index is 182. The summed E-state index contributed by atoms with van der Waals surface area (Å²) in [7, 11) is 0. The summed E-state index contributed by atoms with van der Waals surface area (Å²) in [5.41, 5.74) is 0. The lowest BCUT2D eigenvalue weighted by Crippen LogP contribution is -2.23. The van der Waals surface area contributed by atoms with Gasteiger partial charge in [0.25, 0.3) is 0 Å². The summed E-state index contributed by atoms with van der Waals surface area (Å²) in [4.78, 5) is 0. The standard InChI is InChI=1S/C12H20/c1-2-8-6-9-7-12(8)11-5-3-4-10(9)11/h8-12H,2-7H2,1H3. The van der Waals surface area contributed by atoms with Crippen LogP contribution in [-0.4, -0.2) is 0 Å². The van der Waals surface area contributed by atoms with Gasteiger partial charge in [-0.15, -0.1) is 0 Å². The van der Waals surface area contributed by atoms with E-state index in [1.807, 2.05) is 0 Å². The van der Waals surface area contributed by atoms with Crippen LogP contribution < -0.4 is 0 Å². The van der Waals surface area contributed by atoms with Crippen molar-refractivity contribution in [2.45, 2.75) is 45.4 Å². The first-order chi connectivity index (χ1) is 5.90. The highest BCUT2D eigenvalue weighted by Crippen LogP contribution is 2.61. The zero-order valence-electron chi connectivity index (χ0n) is 8.13. The average Bonchev–Trinajstić information content (AvgIpc) is 2.75. The minimum absolute atomic E-state index is 1.13. The Morgan fingerprint density at radius 2 is 1.83 bits per heavy atom. The van der Waals surface area contributed by atoms with Gasteiger partial charge < -0.3 is 0 Å². The summed E-state index contributed by atoms with van der Waals surface area (Å²) in [6, 6.07) is 0. The molecule has 0 saturated heterocycles. The molecular weight excluding hydrogens is 144 g/mol. The smallest absolute Gasteiger partial charge is 0.0352 e. The van der Waals surface area contributed by atoms with Gasteiger partial charge in [0.1, 0.15) is 0 Å². The second kappa shape index (κ2) is 2.49. The Kier molecular flexibility index (Phi) is 1.54. The molecule has 0 amide bonds. The van der Waals surface area contributed by atoms with E-state index in [0.29, 0.717) is 0 Å². The molecule has 0 N–H and O–H groups in total. The van der Waals surface area contributed by atoms with Crippen LogP contribution in [0, 0.1) is 29.6 Å². The van der Waals surface area contributed by atoms with E-state index in [2.05, 4.69) is 6.92 Å². The molecule has 5 unspecified atom stereocenters. The maximum atomic E-state index is 2.40. The first kappa shape index (κ1) is 7.41. The second-order valence-corrected chi connectivity index (χ2v) is 5.32. The minimum atomic E-state index is 1.13. The highest BCUT2D eigenvalue weighted by Gasteiger charge is 2.52. The average molecular weight is 164 g/mol. The van der Waals surface area contributed by atoms with Gasteiger partial charge in [-0.1, -0.05) is 19.8 Å². The van der Waals surface area contributed by atoms with E-state index in [0.717, 1.165) is 5.92 Å². The lowest BCUT2D eigenvalue weighted by atomic mass is 9.75. The third-order valence-electron chi connectivity index (χ3n) is 5.09. The topological polar surface area (TPSA) is 0 Å². The van der Waals surface area contributed by atoms with Crippen molar-refractivity contribution in [1.82, 2.24) is 0 Å². The third-order valence-corrected chi connectivity index (χ3v) is 5.09. The summed E-state index contributed by atoms with van der Waals surface area (Å²) in [5, 5.41) is 0. The minimum Gasteiger partial charge on any atom is -0.0651 e. The lowest BCUT2D eigenvalue weighted by Gasteiger charge is -2.30. The van der Waals surface area contributed by atoms with Crippen molar-refractivity contribution in [1.29, 1.82) is 0 Å². The molecule has 12 heavy (non-hydrogen) atoms. The molecule has 0 nitrogen and oxygen atoms in total. The quantitative estimate of drug-likeness (QED) is 0.556. The molecule has 0 aromatic rings. The molecular formula is C12H20. The summed E-state index contributed by atoms with van der Waals surface area (Å²) in [6.45, 7) is 2.40. The van der Waals surface area contributed by atoms with Gasteiger partial charge in [-0.25, -0.2) is 0 Å². The van der Waals surface area contributed by atoms with Gasteiger partial charge in [-0.2, -0.15) is 0 Å². The van der Waals surface area contributed by atoms with E-state index in [1.165, 1.54) is 30.1 Å². The molecule has 0 spiro atoms. The van der Waals surface area contributed by atoms with Crippen molar-refractivity contribution < 1.29 is 0 Å². The molecule has 0 radical (unpaired) electrons. The van der Waals surface area contributed by atoms with Gasteiger partial charge in [-0.3, -0.25) is 0 Å². The van der Waals surface area contributed by atoms with Gasteiger partial charge in [0.2, 0.25) is 0 Å². The largest absolute Gasteiger partial charge is 0.0651 e. The van der Waals surface area contributed by atoms with E-state index in [-0.39, 0.29) is 0 Å². The molecule has 0 heterocycles. The summed E-state index contributed by atoms with van der Waals surface area (Å²) in [6.07, 6.45) is 9.41. The Morgan fingerprint density at radius 1 is 1.00 bits per heavy atom. The van der Waals surface area contributed by atoms with E-state index in [9.17, 15) is 0 Å². The molecule has 3 saturated carbocycles. The summed E-state index contributed by atoms with van der Waals surface area (Å²) < 4.78 is 0. The number of hydrogen-bond donors (Lipinski definition) is 0. The molecule has 0 heteroatoms. The number of fused-ring (bicyclic) bond motifs is 5. The summed E-state index contributed by atoms with van der Waals surface area (Å²) >= 11 is 0. The fraction of sp³-hybridized carbons (Fsp3) is 1.00. The van der Waals surface area contributed by atoms with Gasteiger partial charge in [0, 0.05) is 0 Å². The van der Waals surface area contributed by atoms with E-state index >= 15 is 0 Å². The van der Waals surface area contributed by atoms with Gasteiger partial charge in [0.05, 0.1) is 0 Å². The molecule has 0 aliphatic heterocycles. The Hall–Kier alpha value is 0. The van der Waals surface area contributed by atoms with Crippen LogP contribution in [0.1, 0.15) is 45.4 Å². The molecule has 5 atom stereocenters. The fourth-order valence-electron chi connectivity index (χ4n) is 4.68. The molecule has 3 aliphatic rings.